The Morgan fingerprint density at radius 3 is 2.47 bits per heavy atom. The first-order valence-corrected chi connectivity index (χ1v) is 6.89. The van der Waals surface area contributed by atoms with Gasteiger partial charge in [0.25, 0.3) is 0 Å². The molecule has 4 heteroatoms. The lowest BCUT2D eigenvalue weighted by Crippen LogP contribution is -2.41. The van der Waals surface area contributed by atoms with Crippen molar-refractivity contribution < 1.29 is 14.3 Å². The molecule has 1 heterocycles. The fourth-order valence-corrected chi connectivity index (χ4v) is 2.97. The molecule has 1 saturated carbocycles. The zero-order chi connectivity index (χ0) is 13.3. The number of rotatable bonds is 3. The summed E-state index contributed by atoms with van der Waals surface area (Å²) in [6.45, 7) is 1.83. The molecule has 0 bridgehead atoms. The highest BCUT2D eigenvalue weighted by atomic mass is 16.5. The molecule has 0 unspecified atom stereocenters. The Labute approximate surface area is 112 Å². The van der Waals surface area contributed by atoms with Crippen molar-refractivity contribution in [3.05, 3.63) is 23.3 Å². The molecule has 0 amide bonds. The Hall–Kier alpha value is -1.55. The van der Waals surface area contributed by atoms with Crippen LogP contribution in [-0.4, -0.2) is 26.0 Å². The van der Waals surface area contributed by atoms with E-state index in [0.717, 1.165) is 36.9 Å². The maximum absolute atomic E-state index is 11.1. The molecule has 1 aliphatic carbocycles. The van der Waals surface area contributed by atoms with E-state index in [9.17, 15) is 4.79 Å². The summed E-state index contributed by atoms with van der Waals surface area (Å²) >= 11 is 0. The van der Waals surface area contributed by atoms with Gasteiger partial charge in [0.05, 0.1) is 18.8 Å². The molecule has 0 atom stereocenters. The van der Waals surface area contributed by atoms with Gasteiger partial charge in [-0.05, 0) is 18.9 Å². The van der Waals surface area contributed by atoms with E-state index in [1.165, 1.54) is 6.42 Å². The number of nitrogens with two attached hydrogens (primary N) is 1. The molecule has 0 aromatic heterocycles. The molecule has 1 fully saturated rings. The number of fused-ring (bicyclic) bond motifs is 1. The van der Waals surface area contributed by atoms with Gasteiger partial charge in [0.15, 0.2) is 17.8 Å². The summed E-state index contributed by atoms with van der Waals surface area (Å²) in [4.78, 5) is 11.1. The minimum Gasteiger partial charge on any atom is -0.489 e. The van der Waals surface area contributed by atoms with Gasteiger partial charge < -0.3 is 15.2 Å². The highest BCUT2D eigenvalue weighted by Gasteiger charge is 2.41. The van der Waals surface area contributed by atoms with Gasteiger partial charge in [-0.25, -0.2) is 0 Å². The van der Waals surface area contributed by atoms with Crippen molar-refractivity contribution in [3.8, 4) is 11.5 Å². The topological polar surface area (TPSA) is 61.6 Å². The quantitative estimate of drug-likeness (QED) is 0.846. The molecule has 1 aliphatic heterocycles. The minimum absolute atomic E-state index is 0.0131. The lowest BCUT2D eigenvalue weighted by molar-refractivity contribution is 0.111. The number of benzene rings is 1. The van der Waals surface area contributed by atoms with E-state index in [0.29, 0.717) is 31.1 Å². The third kappa shape index (κ3) is 1.91. The van der Waals surface area contributed by atoms with Crippen molar-refractivity contribution in [3.63, 3.8) is 0 Å². The number of carbonyl (C=O) groups is 1. The largest absolute Gasteiger partial charge is 0.489 e. The fraction of sp³-hybridized carbons (Fsp3) is 0.533. The fourth-order valence-electron chi connectivity index (χ4n) is 2.97. The molecule has 4 nitrogen and oxygen atoms in total. The number of carbonyl (C=O) groups excluding carboxylic acids is 1. The first-order valence-electron chi connectivity index (χ1n) is 6.89. The van der Waals surface area contributed by atoms with Gasteiger partial charge in [-0.15, -0.1) is 0 Å². The summed E-state index contributed by atoms with van der Waals surface area (Å²) in [5.41, 5.74) is 7.67. The lowest BCUT2D eigenvalue weighted by Gasteiger charge is -2.42. The molecule has 1 aromatic carbocycles. The predicted molar refractivity (Wildman–Crippen MR) is 72.0 cm³/mol. The van der Waals surface area contributed by atoms with Crippen molar-refractivity contribution in [2.75, 3.05) is 19.8 Å². The third-order valence-corrected chi connectivity index (χ3v) is 4.32. The van der Waals surface area contributed by atoms with Crippen molar-refractivity contribution in [2.45, 2.75) is 31.1 Å². The van der Waals surface area contributed by atoms with E-state index in [-0.39, 0.29) is 5.41 Å². The lowest BCUT2D eigenvalue weighted by atomic mass is 9.64. The third-order valence-electron chi connectivity index (χ3n) is 4.32. The Kier molecular flexibility index (Phi) is 3.19. The number of ether oxygens (including phenoxy) is 2. The average molecular weight is 261 g/mol. The first kappa shape index (κ1) is 12.5. The van der Waals surface area contributed by atoms with E-state index in [4.69, 9.17) is 15.2 Å². The molecule has 0 radical (unpaired) electrons. The molecular weight excluding hydrogens is 242 g/mol. The molecule has 1 aromatic rings. The normalized spacial score (nSPS) is 20.3. The van der Waals surface area contributed by atoms with Gasteiger partial charge in [-0.3, -0.25) is 4.79 Å². The number of hydrogen-bond donors (Lipinski definition) is 1. The SMILES string of the molecule is NCC1(c2ccc(C=O)c3c2OCCCO3)CCC1. The Bertz CT molecular complexity index is 489. The molecule has 0 spiro atoms. The summed E-state index contributed by atoms with van der Waals surface area (Å²) in [5, 5.41) is 0. The second-order valence-electron chi connectivity index (χ2n) is 5.37. The van der Waals surface area contributed by atoms with E-state index in [1.807, 2.05) is 12.1 Å². The van der Waals surface area contributed by atoms with Crippen LogP contribution in [0.3, 0.4) is 0 Å². The Balaban J connectivity index is 2.13. The maximum Gasteiger partial charge on any atom is 0.171 e. The number of hydrogen-bond acceptors (Lipinski definition) is 4. The van der Waals surface area contributed by atoms with Gasteiger partial charge in [0.1, 0.15) is 0 Å². The van der Waals surface area contributed by atoms with Crippen LogP contribution in [0.1, 0.15) is 41.6 Å². The van der Waals surface area contributed by atoms with Crippen molar-refractivity contribution in [1.82, 2.24) is 0 Å². The number of aldehydes is 1. The molecule has 19 heavy (non-hydrogen) atoms. The van der Waals surface area contributed by atoms with Crippen LogP contribution in [0.25, 0.3) is 0 Å². The zero-order valence-corrected chi connectivity index (χ0v) is 11.0. The standard InChI is InChI=1S/C15H19NO3/c16-10-15(5-1-6-15)12-4-3-11(9-17)13-14(12)19-8-2-7-18-13/h3-4,9H,1-2,5-8,10,16H2. The van der Waals surface area contributed by atoms with Gasteiger partial charge in [0.2, 0.25) is 0 Å². The summed E-state index contributed by atoms with van der Waals surface area (Å²) < 4.78 is 11.6. The monoisotopic (exact) mass is 261 g/mol. The average Bonchev–Trinajstić information content (AvgIpc) is 2.64. The van der Waals surface area contributed by atoms with Crippen LogP contribution in [0.15, 0.2) is 12.1 Å². The van der Waals surface area contributed by atoms with Crippen LogP contribution in [0, 0.1) is 0 Å². The van der Waals surface area contributed by atoms with Crippen LogP contribution >= 0.6 is 0 Å². The Morgan fingerprint density at radius 1 is 1.16 bits per heavy atom. The van der Waals surface area contributed by atoms with Crippen molar-refractivity contribution >= 4 is 6.29 Å². The summed E-state index contributed by atoms with van der Waals surface area (Å²) in [6.07, 6.45) is 5.02. The van der Waals surface area contributed by atoms with Crippen LogP contribution < -0.4 is 15.2 Å². The van der Waals surface area contributed by atoms with Crippen LogP contribution in [-0.2, 0) is 5.41 Å². The van der Waals surface area contributed by atoms with Crippen LogP contribution in [0.2, 0.25) is 0 Å². The van der Waals surface area contributed by atoms with Crippen LogP contribution in [0.4, 0.5) is 0 Å². The van der Waals surface area contributed by atoms with E-state index in [1.54, 1.807) is 0 Å². The van der Waals surface area contributed by atoms with Crippen LogP contribution in [0.5, 0.6) is 11.5 Å². The van der Waals surface area contributed by atoms with E-state index in [2.05, 4.69) is 0 Å². The zero-order valence-electron chi connectivity index (χ0n) is 11.0. The summed E-state index contributed by atoms with van der Waals surface area (Å²) in [6, 6.07) is 3.81. The maximum atomic E-state index is 11.1. The van der Waals surface area contributed by atoms with Crippen molar-refractivity contribution in [2.24, 2.45) is 5.73 Å². The van der Waals surface area contributed by atoms with E-state index < -0.39 is 0 Å². The molecule has 102 valence electrons. The van der Waals surface area contributed by atoms with E-state index >= 15 is 0 Å². The second-order valence-corrected chi connectivity index (χ2v) is 5.37. The van der Waals surface area contributed by atoms with Gasteiger partial charge >= 0.3 is 0 Å². The van der Waals surface area contributed by atoms with Gasteiger partial charge in [-0.2, -0.15) is 0 Å². The summed E-state index contributed by atoms with van der Waals surface area (Å²) in [5.74, 6) is 1.34. The van der Waals surface area contributed by atoms with Gasteiger partial charge in [-0.1, -0.05) is 12.5 Å². The smallest absolute Gasteiger partial charge is 0.171 e. The molecule has 2 N–H and O–H groups in total. The molecule has 2 aliphatic rings. The second kappa shape index (κ2) is 4.85. The minimum atomic E-state index is 0.0131. The first-order chi connectivity index (χ1) is 9.30. The predicted octanol–water partition coefficient (Wildman–Crippen LogP) is 2.04. The summed E-state index contributed by atoms with van der Waals surface area (Å²) in [7, 11) is 0. The molecule has 0 saturated heterocycles. The van der Waals surface area contributed by atoms with Gasteiger partial charge in [0, 0.05) is 23.9 Å². The highest BCUT2D eigenvalue weighted by molar-refractivity contribution is 5.82. The Morgan fingerprint density at radius 2 is 1.89 bits per heavy atom. The molecular formula is C15H19NO3. The highest BCUT2D eigenvalue weighted by Crippen LogP contribution is 2.50. The molecule has 3 rings (SSSR count). The van der Waals surface area contributed by atoms with Crippen molar-refractivity contribution in [1.29, 1.82) is 0 Å².